The second-order valence-corrected chi connectivity index (χ2v) is 4.00. The minimum atomic E-state index is -1.72. The number of primary amides is 1. The van der Waals surface area contributed by atoms with Gasteiger partial charge in [-0.3, -0.25) is 4.79 Å². The molecule has 2 N–H and O–H groups in total. The Morgan fingerprint density at radius 1 is 1.22 bits per heavy atom. The fourth-order valence-corrected chi connectivity index (χ4v) is 1.95. The molecule has 2 rings (SSSR count). The number of nitrogens with zero attached hydrogens (tertiary/aromatic N) is 2. The van der Waals surface area contributed by atoms with E-state index < -0.39 is 41.0 Å². The molecule has 0 spiro atoms. The molecule has 0 aliphatic carbocycles. The molecule has 98 valence electrons. The van der Waals surface area contributed by atoms with E-state index in [1.165, 1.54) is 0 Å². The number of nitrogens with two attached hydrogens (primary N) is 1. The number of hydrogen-bond acceptors (Lipinski definition) is 3. The van der Waals surface area contributed by atoms with Crippen molar-refractivity contribution in [2.45, 2.75) is 6.42 Å². The van der Waals surface area contributed by atoms with Gasteiger partial charge in [0.25, 0.3) is 11.9 Å². The molecule has 1 saturated heterocycles. The topological polar surface area (TPSA) is 59.2 Å². The minimum Gasteiger partial charge on any atom is -0.369 e. The van der Waals surface area contributed by atoms with Crippen LogP contribution in [0.2, 0.25) is 0 Å². The third-order valence-electron chi connectivity index (χ3n) is 2.88. The predicted molar refractivity (Wildman–Crippen MR) is 53.6 cm³/mol. The summed E-state index contributed by atoms with van der Waals surface area (Å²) in [6.07, 6.45) is 0.278. The number of carbonyl (C=O) groups excluding carboxylic acids is 1. The van der Waals surface area contributed by atoms with Gasteiger partial charge in [-0.2, -0.15) is 22.5 Å². The van der Waals surface area contributed by atoms with Crippen LogP contribution in [0.4, 0.5) is 23.2 Å². The molecule has 4 nitrogen and oxygen atoms in total. The summed E-state index contributed by atoms with van der Waals surface area (Å²) in [6, 6.07) is 0. The van der Waals surface area contributed by atoms with Gasteiger partial charge in [0.1, 0.15) is 5.69 Å². The summed E-state index contributed by atoms with van der Waals surface area (Å²) >= 11 is 0. The zero-order chi connectivity index (χ0) is 13.4. The van der Waals surface area contributed by atoms with E-state index in [4.69, 9.17) is 5.73 Å². The molecule has 1 aliphatic heterocycles. The van der Waals surface area contributed by atoms with Crippen LogP contribution in [0.5, 0.6) is 0 Å². The van der Waals surface area contributed by atoms with Crippen LogP contribution in [0, 0.1) is 29.4 Å². The van der Waals surface area contributed by atoms with Crippen molar-refractivity contribution in [3.8, 4) is 0 Å². The first-order valence-corrected chi connectivity index (χ1v) is 5.16. The Morgan fingerprint density at radius 3 is 2.22 bits per heavy atom. The average molecular weight is 263 g/mol. The molecule has 2 heterocycles. The monoisotopic (exact) mass is 263 g/mol. The second kappa shape index (κ2) is 4.43. The van der Waals surface area contributed by atoms with E-state index in [0.717, 1.165) is 4.90 Å². The summed E-state index contributed by atoms with van der Waals surface area (Å²) in [7, 11) is 0. The van der Waals surface area contributed by atoms with E-state index in [9.17, 15) is 22.4 Å². The average Bonchev–Trinajstić information content (AvgIpc) is 2.76. The molecule has 0 radical (unpaired) electrons. The molecular formula is C10H9F4N3O. The van der Waals surface area contributed by atoms with E-state index in [-0.39, 0.29) is 19.5 Å². The molecule has 0 saturated carbocycles. The van der Waals surface area contributed by atoms with Gasteiger partial charge >= 0.3 is 0 Å². The summed E-state index contributed by atoms with van der Waals surface area (Å²) in [4.78, 5) is 14.4. The Hall–Kier alpha value is -1.86. The highest BCUT2D eigenvalue weighted by atomic mass is 19.2. The van der Waals surface area contributed by atoms with Gasteiger partial charge < -0.3 is 10.6 Å². The van der Waals surface area contributed by atoms with Crippen LogP contribution >= 0.6 is 0 Å². The van der Waals surface area contributed by atoms with E-state index in [2.05, 4.69) is 4.98 Å². The van der Waals surface area contributed by atoms with Crippen molar-refractivity contribution in [2.75, 3.05) is 18.0 Å². The van der Waals surface area contributed by atoms with Crippen molar-refractivity contribution >= 4 is 11.6 Å². The molecule has 1 amide bonds. The smallest absolute Gasteiger partial charge is 0.253 e. The van der Waals surface area contributed by atoms with Gasteiger partial charge in [0.2, 0.25) is 17.5 Å². The number of hydrogen-bond donors (Lipinski definition) is 1. The third-order valence-corrected chi connectivity index (χ3v) is 2.88. The lowest BCUT2D eigenvalue weighted by Gasteiger charge is -2.19. The normalized spacial score (nSPS) is 19.3. The first-order chi connectivity index (χ1) is 8.41. The highest BCUT2D eigenvalue weighted by Crippen LogP contribution is 2.30. The summed E-state index contributed by atoms with van der Waals surface area (Å²) in [5.74, 6) is -7.78. The van der Waals surface area contributed by atoms with E-state index in [1.807, 2.05) is 0 Å². The van der Waals surface area contributed by atoms with Crippen LogP contribution in [0.25, 0.3) is 0 Å². The molecule has 0 bridgehead atoms. The maximum absolute atomic E-state index is 13.4. The van der Waals surface area contributed by atoms with Crippen LogP contribution in [0.1, 0.15) is 6.42 Å². The second-order valence-electron chi connectivity index (χ2n) is 4.00. The molecule has 18 heavy (non-hydrogen) atoms. The summed E-state index contributed by atoms with van der Waals surface area (Å²) in [6.45, 7) is 0.0103. The maximum atomic E-state index is 13.4. The predicted octanol–water partition coefficient (Wildman–Crippen LogP) is 0.950. The molecule has 1 atom stereocenters. The van der Waals surface area contributed by atoms with Crippen LogP contribution in [0.3, 0.4) is 0 Å². The maximum Gasteiger partial charge on any atom is 0.253 e. The molecule has 8 heteroatoms. The lowest BCUT2D eigenvalue weighted by molar-refractivity contribution is -0.121. The van der Waals surface area contributed by atoms with E-state index in [1.54, 1.807) is 0 Å². The first-order valence-electron chi connectivity index (χ1n) is 5.16. The van der Waals surface area contributed by atoms with Crippen LogP contribution < -0.4 is 10.6 Å². The first kappa shape index (κ1) is 12.6. The van der Waals surface area contributed by atoms with E-state index >= 15 is 0 Å². The standard InChI is InChI=1S/C10H9F4N3O/c11-5-7(6(12)9(14)16-8(5)13)17-2-1-4(3-17)10(15)18/h4H,1-3H2,(H2,15,18). The Balaban J connectivity index is 2.38. The largest absolute Gasteiger partial charge is 0.369 e. The van der Waals surface area contributed by atoms with Gasteiger partial charge in [-0.15, -0.1) is 0 Å². The Morgan fingerprint density at radius 2 is 1.78 bits per heavy atom. The SMILES string of the molecule is NC(=O)C1CCN(c2c(F)c(F)nc(F)c2F)C1. The van der Waals surface area contributed by atoms with Gasteiger partial charge in [0.15, 0.2) is 0 Å². The number of pyridine rings is 1. The highest BCUT2D eigenvalue weighted by molar-refractivity contribution is 5.78. The molecule has 1 aliphatic rings. The van der Waals surface area contributed by atoms with Gasteiger partial charge in [-0.05, 0) is 6.42 Å². The molecule has 1 fully saturated rings. The van der Waals surface area contributed by atoms with Crippen LogP contribution in [-0.4, -0.2) is 24.0 Å². The van der Waals surface area contributed by atoms with Gasteiger partial charge in [0.05, 0.1) is 5.92 Å². The van der Waals surface area contributed by atoms with Gasteiger partial charge in [-0.1, -0.05) is 0 Å². The van der Waals surface area contributed by atoms with Gasteiger partial charge in [-0.25, -0.2) is 0 Å². The Kier molecular flexibility index (Phi) is 3.10. The van der Waals surface area contributed by atoms with Gasteiger partial charge in [0, 0.05) is 13.1 Å². The summed E-state index contributed by atoms with van der Waals surface area (Å²) in [5, 5.41) is 0. The minimum absolute atomic E-state index is 0.0773. The number of aromatic nitrogens is 1. The van der Waals surface area contributed by atoms with Crippen molar-refractivity contribution in [1.29, 1.82) is 0 Å². The van der Waals surface area contributed by atoms with Crippen molar-refractivity contribution in [3.63, 3.8) is 0 Å². The third kappa shape index (κ3) is 1.98. The molecule has 1 unspecified atom stereocenters. The number of anilines is 1. The quantitative estimate of drug-likeness (QED) is 0.638. The van der Waals surface area contributed by atoms with Crippen molar-refractivity contribution in [3.05, 3.63) is 23.5 Å². The fourth-order valence-electron chi connectivity index (χ4n) is 1.95. The van der Waals surface area contributed by atoms with Crippen molar-refractivity contribution < 1.29 is 22.4 Å². The molecule has 1 aromatic heterocycles. The van der Waals surface area contributed by atoms with E-state index in [0.29, 0.717) is 0 Å². The Labute approximate surface area is 99.4 Å². The zero-order valence-electron chi connectivity index (χ0n) is 9.09. The number of halogens is 4. The lowest BCUT2D eigenvalue weighted by Crippen LogP contribution is -2.28. The van der Waals surface area contributed by atoms with Crippen LogP contribution in [0.15, 0.2) is 0 Å². The van der Waals surface area contributed by atoms with Crippen LogP contribution in [-0.2, 0) is 4.79 Å². The van der Waals surface area contributed by atoms with Crippen molar-refractivity contribution in [1.82, 2.24) is 4.98 Å². The fraction of sp³-hybridized carbons (Fsp3) is 0.400. The summed E-state index contributed by atoms with van der Waals surface area (Å²) < 4.78 is 52.7. The molecular weight excluding hydrogens is 254 g/mol. The highest BCUT2D eigenvalue weighted by Gasteiger charge is 2.32. The number of rotatable bonds is 2. The molecule has 0 aromatic carbocycles. The lowest BCUT2D eigenvalue weighted by atomic mass is 10.1. The Bertz CT molecular complexity index is 482. The number of carbonyl (C=O) groups is 1. The summed E-state index contributed by atoms with van der Waals surface area (Å²) in [5.41, 5.74) is 4.22. The zero-order valence-corrected chi connectivity index (χ0v) is 9.09. The van der Waals surface area contributed by atoms with Crippen molar-refractivity contribution in [2.24, 2.45) is 11.7 Å². The number of amides is 1. The molecule has 1 aromatic rings.